The van der Waals surface area contributed by atoms with Crippen LogP contribution in [-0.4, -0.2) is 47.0 Å². The van der Waals surface area contributed by atoms with Gasteiger partial charge in [-0.2, -0.15) is 0 Å². The summed E-state index contributed by atoms with van der Waals surface area (Å²) in [5.41, 5.74) is 4.88. The first-order valence-corrected chi connectivity index (χ1v) is 4.98. The van der Waals surface area contributed by atoms with Crippen molar-refractivity contribution >= 4 is 17.9 Å². The number of carboxylic acid groups (broad SMARTS) is 1. The molecule has 92 valence electrons. The van der Waals surface area contributed by atoms with Gasteiger partial charge in [0.15, 0.2) is 0 Å². The molecule has 0 heterocycles. The standard InChI is InChI=1S/C9H17N3O4/c1-3-12(4-2)9(16)11-6(8(14)15)5-7(10)13/h6H,3-5H2,1-2H3,(H2,10,13)(H,11,16)(H,14,15). The van der Waals surface area contributed by atoms with Crippen molar-refractivity contribution in [1.29, 1.82) is 0 Å². The molecule has 4 N–H and O–H groups in total. The highest BCUT2D eigenvalue weighted by molar-refractivity contribution is 5.87. The third-order valence-electron chi connectivity index (χ3n) is 2.05. The lowest BCUT2D eigenvalue weighted by atomic mass is 10.2. The summed E-state index contributed by atoms with van der Waals surface area (Å²) in [4.78, 5) is 34.2. The van der Waals surface area contributed by atoms with E-state index in [1.165, 1.54) is 4.90 Å². The molecule has 0 bridgehead atoms. The molecular weight excluding hydrogens is 214 g/mol. The van der Waals surface area contributed by atoms with Crippen molar-refractivity contribution in [2.45, 2.75) is 26.3 Å². The maximum atomic E-state index is 11.5. The molecule has 16 heavy (non-hydrogen) atoms. The Morgan fingerprint density at radius 3 is 2.12 bits per heavy atom. The highest BCUT2D eigenvalue weighted by atomic mass is 16.4. The number of nitrogens with zero attached hydrogens (tertiary/aromatic N) is 1. The number of primary amides is 1. The van der Waals surface area contributed by atoms with Crippen molar-refractivity contribution < 1.29 is 19.5 Å². The molecule has 0 aromatic carbocycles. The summed E-state index contributed by atoms with van der Waals surface area (Å²) in [5.74, 6) is -2.05. The van der Waals surface area contributed by atoms with Crippen LogP contribution in [0, 0.1) is 0 Å². The fourth-order valence-electron chi connectivity index (χ4n) is 1.15. The number of nitrogens with two attached hydrogens (primary N) is 1. The molecule has 0 aliphatic heterocycles. The number of aliphatic carboxylic acids is 1. The summed E-state index contributed by atoms with van der Waals surface area (Å²) in [6, 6.07) is -1.79. The Morgan fingerprint density at radius 1 is 1.31 bits per heavy atom. The second kappa shape index (κ2) is 6.65. The lowest BCUT2D eigenvalue weighted by Crippen LogP contribution is -2.49. The minimum atomic E-state index is -1.28. The molecule has 0 aliphatic carbocycles. The van der Waals surface area contributed by atoms with Crippen molar-refractivity contribution in [2.75, 3.05) is 13.1 Å². The van der Waals surface area contributed by atoms with E-state index in [0.29, 0.717) is 13.1 Å². The van der Waals surface area contributed by atoms with Gasteiger partial charge in [0.2, 0.25) is 5.91 Å². The van der Waals surface area contributed by atoms with E-state index in [1.54, 1.807) is 13.8 Å². The number of rotatable bonds is 6. The van der Waals surface area contributed by atoms with Crippen molar-refractivity contribution in [3.05, 3.63) is 0 Å². The second-order valence-electron chi connectivity index (χ2n) is 3.18. The van der Waals surface area contributed by atoms with E-state index in [9.17, 15) is 14.4 Å². The van der Waals surface area contributed by atoms with Gasteiger partial charge in [-0.05, 0) is 13.8 Å². The maximum Gasteiger partial charge on any atom is 0.326 e. The second-order valence-corrected chi connectivity index (χ2v) is 3.18. The molecule has 3 amide bonds. The monoisotopic (exact) mass is 231 g/mol. The van der Waals surface area contributed by atoms with Crippen molar-refractivity contribution in [3.8, 4) is 0 Å². The highest BCUT2D eigenvalue weighted by Crippen LogP contribution is 1.95. The van der Waals surface area contributed by atoms with Gasteiger partial charge >= 0.3 is 12.0 Å². The Hall–Kier alpha value is -1.79. The quantitative estimate of drug-likeness (QED) is 0.564. The van der Waals surface area contributed by atoms with Crippen molar-refractivity contribution in [3.63, 3.8) is 0 Å². The molecule has 7 nitrogen and oxygen atoms in total. The highest BCUT2D eigenvalue weighted by Gasteiger charge is 2.23. The number of carbonyl (C=O) groups is 3. The number of amides is 3. The zero-order valence-electron chi connectivity index (χ0n) is 9.40. The van der Waals surface area contributed by atoms with Gasteiger partial charge in [0.05, 0.1) is 6.42 Å². The lowest BCUT2D eigenvalue weighted by Gasteiger charge is -2.21. The average molecular weight is 231 g/mol. The van der Waals surface area contributed by atoms with Crippen LogP contribution in [0.5, 0.6) is 0 Å². The summed E-state index contributed by atoms with van der Waals surface area (Å²) in [6.45, 7) is 4.47. The summed E-state index contributed by atoms with van der Waals surface area (Å²) in [7, 11) is 0. The molecule has 0 saturated heterocycles. The zero-order valence-corrected chi connectivity index (χ0v) is 9.40. The maximum absolute atomic E-state index is 11.5. The van der Waals surface area contributed by atoms with E-state index >= 15 is 0 Å². The number of carbonyl (C=O) groups excluding carboxylic acids is 2. The smallest absolute Gasteiger partial charge is 0.326 e. The zero-order chi connectivity index (χ0) is 12.7. The van der Waals surface area contributed by atoms with Crippen LogP contribution in [0.25, 0.3) is 0 Å². The Balaban J connectivity index is 4.44. The van der Waals surface area contributed by atoms with Gasteiger partial charge < -0.3 is 21.1 Å². The molecule has 1 atom stereocenters. The molecular formula is C9H17N3O4. The van der Waals surface area contributed by atoms with E-state index in [2.05, 4.69) is 5.32 Å². The van der Waals surface area contributed by atoms with Crippen LogP contribution < -0.4 is 11.1 Å². The van der Waals surface area contributed by atoms with Crippen LogP contribution in [0.4, 0.5) is 4.79 Å². The molecule has 7 heteroatoms. The van der Waals surface area contributed by atoms with Gasteiger partial charge in [0, 0.05) is 13.1 Å². The van der Waals surface area contributed by atoms with Crippen LogP contribution in [0.3, 0.4) is 0 Å². The SMILES string of the molecule is CCN(CC)C(=O)NC(CC(N)=O)C(=O)O. The van der Waals surface area contributed by atoms with Gasteiger partial charge in [0.25, 0.3) is 0 Å². The summed E-state index contributed by atoms with van der Waals surface area (Å²) in [6.07, 6.45) is -0.414. The molecule has 0 aromatic heterocycles. The first-order valence-electron chi connectivity index (χ1n) is 4.98. The lowest BCUT2D eigenvalue weighted by molar-refractivity contribution is -0.140. The fraction of sp³-hybridized carbons (Fsp3) is 0.667. The van der Waals surface area contributed by atoms with Crippen LogP contribution >= 0.6 is 0 Å². The predicted molar refractivity (Wildman–Crippen MR) is 56.7 cm³/mol. The summed E-state index contributed by atoms with van der Waals surface area (Å²) < 4.78 is 0. The Kier molecular flexibility index (Phi) is 5.91. The van der Waals surface area contributed by atoms with E-state index in [-0.39, 0.29) is 0 Å². The van der Waals surface area contributed by atoms with E-state index in [1.807, 2.05) is 0 Å². The predicted octanol–water partition coefficient (Wildman–Crippen LogP) is -0.634. The van der Waals surface area contributed by atoms with Crippen molar-refractivity contribution in [2.24, 2.45) is 5.73 Å². The molecule has 0 aliphatic rings. The Morgan fingerprint density at radius 2 is 1.81 bits per heavy atom. The van der Waals surface area contributed by atoms with Gasteiger partial charge in [0.1, 0.15) is 6.04 Å². The molecule has 0 radical (unpaired) electrons. The van der Waals surface area contributed by atoms with Crippen LogP contribution in [0.2, 0.25) is 0 Å². The number of hydrogen-bond donors (Lipinski definition) is 3. The first kappa shape index (κ1) is 14.2. The van der Waals surface area contributed by atoms with Gasteiger partial charge in [-0.25, -0.2) is 9.59 Å². The van der Waals surface area contributed by atoms with E-state index in [4.69, 9.17) is 10.8 Å². The average Bonchev–Trinajstić information content (AvgIpc) is 2.17. The van der Waals surface area contributed by atoms with E-state index < -0.39 is 30.4 Å². The Bertz CT molecular complexity index is 276. The molecule has 1 unspecified atom stereocenters. The molecule has 0 saturated carbocycles. The molecule has 0 aromatic rings. The number of carboxylic acids is 1. The van der Waals surface area contributed by atoms with Crippen LogP contribution in [-0.2, 0) is 9.59 Å². The number of hydrogen-bond acceptors (Lipinski definition) is 3. The van der Waals surface area contributed by atoms with Crippen LogP contribution in [0.15, 0.2) is 0 Å². The van der Waals surface area contributed by atoms with Gasteiger partial charge in [-0.3, -0.25) is 4.79 Å². The third kappa shape index (κ3) is 4.63. The summed E-state index contributed by atoms with van der Waals surface area (Å²) in [5, 5.41) is 11.0. The Labute approximate surface area is 93.6 Å². The minimum absolute atomic E-state index is 0.414. The molecule has 0 spiro atoms. The number of urea groups is 1. The molecule has 0 fully saturated rings. The third-order valence-corrected chi connectivity index (χ3v) is 2.05. The topological polar surface area (TPSA) is 113 Å². The summed E-state index contributed by atoms with van der Waals surface area (Å²) >= 11 is 0. The van der Waals surface area contributed by atoms with Gasteiger partial charge in [-0.1, -0.05) is 0 Å². The molecule has 0 rings (SSSR count). The van der Waals surface area contributed by atoms with Gasteiger partial charge in [-0.15, -0.1) is 0 Å². The first-order chi connectivity index (χ1) is 7.42. The normalized spacial score (nSPS) is 11.6. The minimum Gasteiger partial charge on any atom is -0.480 e. The largest absolute Gasteiger partial charge is 0.480 e. The fourth-order valence-corrected chi connectivity index (χ4v) is 1.15. The number of nitrogens with one attached hydrogen (secondary N) is 1. The van der Waals surface area contributed by atoms with Crippen LogP contribution in [0.1, 0.15) is 20.3 Å². The van der Waals surface area contributed by atoms with E-state index in [0.717, 1.165) is 0 Å². The van der Waals surface area contributed by atoms with Crippen molar-refractivity contribution in [1.82, 2.24) is 10.2 Å².